The fourth-order valence-corrected chi connectivity index (χ4v) is 8.76. The Morgan fingerprint density at radius 1 is 1.06 bits per heavy atom. The monoisotopic (exact) mass is 753 g/mol. The molecular formula is C41H49ClFN9O2. The van der Waals surface area contributed by atoms with Gasteiger partial charge in [-0.05, 0) is 76.5 Å². The summed E-state index contributed by atoms with van der Waals surface area (Å²) in [6, 6.07) is 5.00. The number of nitrogens with zero attached hydrogens (tertiary/aromatic N) is 8. The van der Waals surface area contributed by atoms with Gasteiger partial charge in [0.05, 0.1) is 56.7 Å². The van der Waals surface area contributed by atoms with E-state index in [-0.39, 0.29) is 46.0 Å². The number of aromatic nitrogens is 5. The third-order valence-electron chi connectivity index (χ3n) is 10.9. The molecule has 5 aromatic rings. The second kappa shape index (κ2) is 14.4. The summed E-state index contributed by atoms with van der Waals surface area (Å²) in [4.78, 5) is 54.3. The number of H-pyrrole nitrogens is 1. The summed E-state index contributed by atoms with van der Waals surface area (Å²) >= 11 is 7.62. The van der Waals surface area contributed by atoms with Crippen molar-refractivity contribution >= 4 is 50.8 Å². The lowest BCUT2D eigenvalue weighted by Crippen LogP contribution is -2.64. The van der Waals surface area contributed by atoms with Gasteiger partial charge in [0.2, 0.25) is 5.91 Å². The highest BCUT2D eigenvalue weighted by Gasteiger charge is 2.43. The van der Waals surface area contributed by atoms with E-state index in [1.54, 1.807) is 17.2 Å². The highest BCUT2D eigenvalue weighted by Crippen LogP contribution is 2.48. The van der Waals surface area contributed by atoms with E-state index in [1.165, 1.54) is 12.1 Å². The Morgan fingerprint density at radius 2 is 1.76 bits per heavy atom. The molecular weight excluding hydrogens is 705 g/mol. The largest absolute Gasteiger partial charge is 0.363 e. The molecule has 0 aliphatic carbocycles. The maximum Gasteiger partial charge on any atom is 0.281 e. The quantitative estimate of drug-likeness (QED) is 0.160. The molecule has 13 heteroatoms. The first kappa shape index (κ1) is 37.5. The molecule has 0 bridgehead atoms. The Hall–Kier alpha value is -4.81. The molecule has 5 heterocycles. The van der Waals surface area contributed by atoms with E-state index in [4.69, 9.17) is 21.6 Å². The summed E-state index contributed by atoms with van der Waals surface area (Å²) in [5, 5.41) is 0.612. The predicted octanol–water partition coefficient (Wildman–Crippen LogP) is 7.04. The molecule has 0 spiro atoms. The minimum absolute atomic E-state index is 0.0749. The summed E-state index contributed by atoms with van der Waals surface area (Å²) in [7, 11) is 4.05. The number of halogens is 2. The fourth-order valence-electron chi connectivity index (χ4n) is 8.39. The van der Waals surface area contributed by atoms with Gasteiger partial charge in [0, 0.05) is 48.7 Å². The summed E-state index contributed by atoms with van der Waals surface area (Å²) in [5.74, 6) is -0.811. The van der Waals surface area contributed by atoms with Crippen molar-refractivity contribution in [3.63, 3.8) is 0 Å². The van der Waals surface area contributed by atoms with Crippen LogP contribution in [0.5, 0.6) is 0 Å². The van der Waals surface area contributed by atoms with Crippen molar-refractivity contribution in [2.45, 2.75) is 71.9 Å². The zero-order chi connectivity index (χ0) is 38.7. The molecule has 54 heavy (non-hydrogen) atoms. The van der Waals surface area contributed by atoms with Crippen molar-refractivity contribution in [2.24, 2.45) is 0 Å². The molecule has 11 nitrogen and oxygen atoms in total. The average Bonchev–Trinajstić information content (AvgIpc) is 3.61. The van der Waals surface area contributed by atoms with Crippen LogP contribution in [0.15, 0.2) is 48.3 Å². The highest BCUT2D eigenvalue weighted by molar-refractivity contribution is 6.39. The van der Waals surface area contributed by atoms with E-state index in [0.29, 0.717) is 76.6 Å². The number of aryl methyl sites for hydroxylation is 1. The van der Waals surface area contributed by atoms with Crippen molar-refractivity contribution < 1.29 is 9.18 Å². The minimum Gasteiger partial charge on any atom is -0.363 e. The van der Waals surface area contributed by atoms with Crippen LogP contribution in [0.25, 0.3) is 38.8 Å². The first-order chi connectivity index (χ1) is 25.7. The van der Waals surface area contributed by atoms with Gasteiger partial charge < -0.3 is 24.6 Å². The Bertz CT molecular complexity index is 2320. The molecule has 0 saturated carbocycles. The SMILES string of the molecule is C=CC(=O)N1CC2CN(CCCN(C)C)c3c(c4cc(F)c(-c5c(C)ccc6[nH]cnc56)c(Cl)c4n(-c4c(C(C)C)ncnc4C(C)C)c3=O)N2CC1C. The Labute approximate surface area is 320 Å². The van der Waals surface area contributed by atoms with Gasteiger partial charge in [0.1, 0.15) is 17.8 Å². The number of carbonyl (C=O) groups is 1. The van der Waals surface area contributed by atoms with Crippen LogP contribution in [-0.2, 0) is 4.79 Å². The topological polar surface area (TPSA) is 106 Å². The van der Waals surface area contributed by atoms with E-state index < -0.39 is 5.82 Å². The second-order valence-electron chi connectivity index (χ2n) is 15.6. The Balaban J connectivity index is 1.64. The zero-order valence-corrected chi connectivity index (χ0v) is 33.1. The van der Waals surface area contributed by atoms with Gasteiger partial charge in [0.25, 0.3) is 5.56 Å². The highest BCUT2D eigenvalue weighted by atomic mass is 35.5. The van der Waals surface area contributed by atoms with Gasteiger partial charge in [-0.2, -0.15) is 0 Å². The third kappa shape index (κ3) is 6.13. The van der Waals surface area contributed by atoms with E-state index in [1.807, 2.05) is 72.7 Å². The predicted molar refractivity (Wildman–Crippen MR) is 216 cm³/mol. The minimum atomic E-state index is -0.522. The molecule has 1 fully saturated rings. The molecule has 1 amide bonds. The molecule has 2 aromatic carbocycles. The smallest absolute Gasteiger partial charge is 0.281 e. The number of imidazole rings is 1. The molecule has 2 aliphatic rings. The van der Waals surface area contributed by atoms with Gasteiger partial charge in [-0.15, -0.1) is 0 Å². The number of fused-ring (bicyclic) bond motifs is 6. The molecule has 0 radical (unpaired) electrons. The first-order valence-corrected chi connectivity index (χ1v) is 19.1. The summed E-state index contributed by atoms with van der Waals surface area (Å²) in [5.41, 5.74) is 6.03. The van der Waals surface area contributed by atoms with Gasteiger partial charge >= 0.3 is 0 Å². The van der Waals surface area contributed by atoms with Crippen LogP contribution in [0.4, 0.5) is 15.8 Å². The van der Waals surface area contributed by atoms with Gasteiger partial charge in [-0.25, -0.2) is 19.3 Å². The molecule has 7 rings (SSSR count). The number of hydrogen-bond acceptors (Lipinski definition) is 8. The summed E-state index contributed by atoms with van der Waals surface area (Å²) in [6.07, 6.45) is 5.27. The Kier molecular flexibility index (Phi) is 10.0. The van der Waals surface area contributed by atoms with Crippen molar-refractivity contribution in [1.29, 1.82) is 0 Å². The number of pyridine rings is 1. The lowest BCUT2D eigenvalue weighted by Gasteiger charge is -2.52. The van der Waals surface area contributed by atoms with Crippen molar-refractivity contribution in [3.05, 3.63) is 81.7 Å². The number of carbonyl (C=O) groups excluding carboxylic acids is 1. The third-order valence-corrected chi connectivity index (χ3v) is 11.3. The van der Waals surface area contributed by atoms with Crippen LogP contribution in [0, 0.1) is 12.7 Å². The molecule has 2 atom stereocenters. The van der Waals surface area contributed by atoms with Crippen molar-refractivity contribution in [3.8, 4) is 16.8 Å². The van der Waals surface area contributed by atoms with E-state index in [2.05, 4.69) is 31.2 Å². The number of rotatable bonds is 9. The average molecular weight is 754 g/mol. The van der Waals surface area contributed by atoms with E-state index in [0.717, 1.165) is 24.0 Å². The molecule has 284 valence electrons. The summed E-state index contributed by atoms with van der Waals surface area (Å²) < 4.78 is 18.9. The molecule has 1 N–H and O–H groups in total. The van der Waals surface area contributed by atoms with Gasteiger partial charge in [-0.1, -0.05) is 51.9 Å². The van der Waals surface area contributed by atoms with Crippen molar-refractivity contribution in [2.75, 3.05) is 56.6 Å². The fraction of sp³-hybridized carbons (Fsp3) is 0.439. The van der Waals surface area contributed by atoms with Gasteiger partial charge in [-0.3, -0.25) is 14.2 Å². The van der Waals surface area contributed by atoms with Gasteiger partial charge in [0.15, 0.2) is 0 Å². The van der Waals surface area contributed by atoms with Crippen LogP contribution in [0.3, 0.4) is 0 Å². The van der Waals surface area contributed by atoms with E-state index in [9.17, 15) is 4.79 Å². The van der Waals surface area contributed by atoms with Crippen LogP contribution in [-0.4, -0.2) is 99.1 Å². The zero-order valence-electron chi connectivity index (χ0n) is 32.4. The van der Waals surface area contributed by atoms with E-state index >= 15 is 9.18 Å². The number of aromatic amines is 1. The number of hydrogen-bond donors (Lipinski definition) is 1. The number of anilines is 2. The van der Waals surface area contributed by atoms with Crippen LogP contribution in [0.1, 0.15) is 69.8 Å². The lowest BCUT2D eigenvalue weighted by molar-refractivity contribution is -0.128. The lowest BCUT2D eigenvalue weighted by atomic mass is 9.93. The molecule has 2 unspecified atom stereocenters. The normalized spacial score (nSPS) is 17.3. The number of benzene rings is 2. The number of amides is 1. The second-order valence-corrected chi connectivity index (χ2v) is 16.0. The maximum atomic E-state index is 17.3. The molecule has 1 saturated heterocycles. The molecule has 2 aliphatic heterocycles. The molecule has 3 aromatic heterocycles. The standard InChI is InChI=1S/C41H49ClFN9O2/c1-10-30(53)50-19-26-18-49(15-11-14-48(8)9)40-38(51(26)17-25(50)7)27-16-28(43)32(31-24(6)12-13-29-36(31)47-20-44-29)33(42)37(27)52(41(40)54)39-34(22(2)3)45-21-46-35(39)23(4)5/h10,12-13,16,20-23,25-26H,1,11,14-15,17-19H2,2-9H3,(H,44,47). The van der Waals surface area contributed by atoms with Crippen LogP contribution in [0.2, 0.25) is 5.02 Å². The van der Waals surface area contributed by atoms with Crippen LogP contribution >= 0.6 is 11.6 Å². The van der Waals surface area contributed by atoms with Crippen molar-refractivity contribution in [1.82, 2.24) is 34.3 Å². The maximum absolute atomic E-state index is 17.3. The number of nitrogens with one attached hydrogen (secondary N) is 1. The van der Waals surface area contributed by atoms with Crippen LogP contribution < -0.4 is 15.4 Å². The first-order valence-electron chi connectivity index (χ1n) is 18.7. The number of piperazine rings is 1. The Morgan fingerprint density at radius 3 is 2.41 bits per heavy atom. The summed E-state index contributed by atoms with van der Waals surface area (Å²) in [6.45, 7) is 18.6.